The van der Waals surface area contributed by atoms with E-state index in [9.17, 15) is 4.79 Å². The number of benzene rings is 1. The second kappa shape index (κ2) is 6.23. The van der Waals surface area contributed by atoms with Gasteiger partial charge in [-0.15, -0.1) is 5.10 Å². The van der Waals surface area contributed by atoms with Crippen LogP contribution in [0.2, 0.25) is 0 Å². The number of hydrogen-bond acceptors (Lipinski definition) is 6. The predicted molar refractivity (Wildman–Crippen MR) is 93.2 cm³/mol. The highest BCUT2D eigenvalue weighted by Gasteiger charge is 2.34. The highest BCUT2D eigenvalue weighted by molar-refractivity contribution is 5.62. The van der Waals surface area contributed by atoms with Gasteiger partial charge < -0.3 is 14.8 Å². The number of nitrogens with one attached hydrogen (secondary N) is 2. The smallest absolute Gasteiger partial charge is 0.273 e. The van der Waals surface area contributed by atoms with Crippen LogP contribution >= 0.6 is 0 Å². The van der Waals surface area contributed by atoms with E-state index in [-0.39, 0.29) is 11.5 Å². The first kappa shape index (κ1) is 15.7. The number of H-pyrrole nitrogens is 1. The van der Waals surface area contributed by atoms with Crippen molar-refractivity contribution in [2.45, 2.75) is 31.6 Å². The molecule has 1 aromatic carbocycles. The maximum absolute atomic E-state index is 12.5. The van der Waals surface area contributed by atoms with Crippen molar-refractivity contribution in [2.24, 2.45) is 0 Å². The third-order valence-electron chi connectivity index (χ3n) is 4.96. The Kier molecular flexibility index (Phi) is 3.91. The maximum atomic E-state index is 12.5. The minimum atomic E-state index is -0.214. The molecule has 0 bridgehead atoms. The van der Waals surface area contributed by atoms with Crippen LogP contribution in [0.4, 0.5) is 5.82 Å². The highest BCUT2D eigenvalue weighted by atomic mass is 16.5. The zero-order valence-electron chi connectivity index (χ0n) is 14.3. The van der Waals surface area contributed by atoms with Crippen LogP contribution < -0.4 is 20.3 Å². The van der Waals surface area contributed by atoms with Crippen molar-refractivity contribution in [3.63, 3.8) is 0 Å². The number of anilines is 1. The molecule has 1 aliphatic heterocycles. The van der Waals surface area contributed by atoms with Gasteiger partial charge in [0.15, 0.2) is 17.3 Å². The van der Waals surface area contributed by atoms with Crippen LogP contribution in [0, 0.1) is 0 Å². The van der Waals surface area contributed by atoms with E-state index in [4.69, 9.17) is 9.47 Å². The number of nitrogens with zero attached hydrogens (tertiary/aromatic N) is 2. The molecule has 25 heavy (non-hydrogen) atoms. The summed E-state index contributed by atoms with van der Waals surface area (Å²) in [7, 11) is 3.22. The summed E-state index contributed by atoms with van der Waals surface area (Å²) >= 11 is 0. The lowest BCUT2D eigenvalue weighted by molar-refractivity contribution is 0.354. The molecule has 2 N–H and O–H groups in total. The summed E-state index contributed by atoms with van der Waals surface area (Å²) < 4.78 is 10.8. The molecule has 0 saturated carbocycles. The lowest BCUT2D eigenvalue weighted by Crippen LogP contribution is -2.29. The molecule has 0 radical (unpaired) electrons. The van der Waals surface area contributed by atoms with Crippen molar-refractivity contribution >= 4 is 5.82 Å². The first-order valence-electron chi connectivity index (χ1n) is 8.39. The van der Waals surface area contributed by atoms with E-state index in [1.165, 1.54) is 11.3 Å². The van der Waals surface area contributed by atoms with E-state index in [2.05, 4.69) is 20.7 Å². The van der Waals surface area contributed by atoms with Crippen LogP contribution in [0.15, 0.2) is 34.3 Å². The number of ether oxygens (including phenoxy) is 2. The minimum Gasteiger partial charge on any atom is -0.493 e. The lowest BCUT2D eigenvalue weighted by atomic mass is 9.77. The van der Waals surface area contributed by atoms with Crippen molar-refractivity contribution in [1.82, 2.24) is 15.4 Å². The molecule has 1 aromatic heterocycles. The van der Waals surface area contributed by atoms with Crippen molar-refractivity contribution in [3.8, 4) is 11.5 Å². The second-order valence-corrected chi connectivity index (χ2v) is 6.29. The third-order valence-corrected chi connectivity index (χ3v) is 4.96. The Morgan fingerprint density at radius 2 is 1.92 bits per heavy atom. The van der Waals surface area contributed by atoms with Gasteiger partial charge in [-0.05, 0) is 49.0 Å². The van der Waals surface area contributed by atoms with Crippen LogP contribution in [-0.2, 0) is 0 Å². The molecule has 0 fully saturated rings. The van der Waals surface area contributed by atoms with Gasteiger partial charge in [-0.1, -0.05) is 11.3 Å². The average Bonchev–Trinajstić information content (AvgIpc) is 2.66. The van der Waals surface area contributed by atoms with Crippen LogP contribution in [0.5, 0.6) is 11.5 Å². The fourth-order valence-corrected chi connectivity index (χ4v) is 3.81. The molecule has 7 heteroatoms. The van der Waals surface area contributed by atoms with Gasteiger partial charge in [0.05, 0.1) is 19.8 Å². The van der Waals surface area contributed by atoms with E-state index >= 15 is 0 Å². The fourth-order valence-electron chi connectivity index (χ4n) is 3.81. The molecule has 7 nitrogen and oxygen atoms in total. The van der Waals surface area contributed by atoms with Crippen molar-refractivity contribution in [1.29, 1.82) is 0 Å². The summed E-state index contributed by atoms with van der Waals surface area (Å²) in [6.45, 7) is 0. The van der Waals surface area contributed by atoms with E-state index < -0.39 is 0 Å². The van der Waals surface area contributed by atoms with Crippen molar-refractivity contribution in [2.75, 3.05) is 19.5 Å². The molecule has 1 aliphatic carbocycles. The summed E-state index contributed by atoms with van der Waals surface area (Å²) in [5, 5.41) is 13.6. The first-order valence-corrected chi connectivity index (χ1v) is 8.39. The lowest BCUT2D eigenvalue weighted by Gasteiger charge is -2.33. The zero-order chi connectivity index (χ0) is 17.4. The van der Waals surface area contributed by atoms with Gasteiger partial charge in [-0.25, -0.2) is 5.10 Å². The molecule has 0 saturated heterocycles. The van der Waals surface area contributed by atoms with Crippen LogP contribution in [-0.4, -0.2) is 29.6 Å². The van der Waals surface area contributed by atoms with E-state index in [0.29, 0.717) is 22.9 Å². The van der Waals surface area contributed by atoms with E-state index in [1.807, 2.05) is 18.2 Å². The molecular weight excluding hydrogens is 320 g/mol. The molecule has 2 heterocycles. The van der Waals surface area contributed by atoms with Gasteiger partial charge in [0.25, 0.3) is 5.56 Å². The van der Waals surface area contributed by atoms with Gasteiger partial charge in [0.1, 0.15) is 0 Å². The second-order valence-electron chi connectivity index (χ2n) is 6.29. The Morgan fingerprint density at radius 3 is 2.72 bits per heavy atom. The molecule has 0 amide bonds. The largest absolute Gasteiger partial charge is 0.493 e. The van der Waals surface area contributed by atoms with Crippen LogP contribution in [0.1, 0.15) is 42.7 Å². The molecule has 0 spiro atoms. The Balaban J connectivity index is 1.92. The first-order chi connectivity index (χ1) is 12.2. The quantitative estimate of drug-likeness (QED) is 0.893. The van der Waals surface area contributed by atoms with Gasteiger partial charge in [-0.2, -0.15) is 0 Å². The van der Waals surface area contributed by atoms with Crippen LogP contribution in [0.3, 0.4) is 0 Å². The third kappa shape index (κ3) is 2.56. The molecule has 1 atom stereocenters. The molecular formula is C18H20N4O3. The fraction of sp³-hybridized carbons (Fsp3) is 0.389. The Morgan fingerprint density at radius 1 is 1.12 bits per heavy atom. The molecule has 1 unspecified atom stereocenters. The number of rotatable bonds is 3. The number of allylic oxidation sites excluding steroid dienone is 2. The maximum Gasteiger partial charge on any atom is 0.273 e. The van der Waals surface area contributed by atoms with Gasteiger partial charge in [-0.3, -0.25) is 4.79 Å². The topological polar surface area (TPSA) is 89.1 Å². The summed E-state index contributed by atoms with van der Waals surface area (Å²) in [6, 6.07) is 5.81. The molecule has 4 rings (SSSR count). The predicted octanol–water partition coefficient (Wildman–Crippen LogP) is 2.57. The summed E-state index contributed by atoms with van der Waals surface area (Å²) in [4.78, 5) is 12.5. The zero-order valence-corrected chi connectivity index (χ0v) is 14.3. The van der Waals surface area contributed by atoms with Crippen molar-refractivity contribution < 1.29 is 9.47 Å². The Bertz CT molecular complexity index is 903. The number of fused-ring (bicyclic) bond motifs is 1. The van der Waals surface area contributed by atoms with Gasteiger partial charge in [0.2, 0.25) is 0 Å². The standard InChI is InChI=1S/C18H20N4O3/c1-24-13-8-7-10(9-14(13)25-2)15-11-5-3-4-6-12(11)19-17-16(15)18(23)21-22-20-17/h7-9,15H,3-6H2,1-2H3,(H2,19,20,21,23). The molecule has 2 aliphatic rings. The number of methoxy groups -OCH3 is 2. The summed E-state index contributed by atoms with van der Waals surface area (Å²) in [6.07, 6.45) is 4.18. The van der Waals surface area contributed by atoms with E-state index in [1.54, 1.807) is 14.2 Å². The van der Waals surface area contributed by atoms with E-state index in [0.717, 1.165) is 31.2 Å². The highest BCUT2D eigenvalue weighted by Crippen LogP contribution is 2.45. The monoisotopic (exact) mass is 340 g/mol. The molecule has 2 aromatic rings. The van der Waals surface area contributed by atoms with Gasteiger partial charge in [0, 0.05) is 11.6 Å². The number of aromatic nitrogens is 3. The van der Waals surface area contributed by atoms with Crippen LogP contribution in [0.25, 0.3) is 0 Å². The van der Waals surface area contributed by atoms with Gasteiger partial charge >= 0.3 is 0 Å². The summed E-state index contributed by atoms with van der Waals surface area (Å²) in [5.41, 5.74) is 3.81. The minimum absolute atomic E-state index is 0.148. The Hall–Kier alpha value is -2.83. The number of aromatic amines is 1. The average molecular weight is 340 g/mol. The normalized spacial score (nSPS) is 18.9. The summed E-state index contributed by atoms with van der Waals surface area (Å²) in [5.74, 6) is 1.71. The number of hydrogen-bond donors (Lipinski definition) is 2. The molecule has 130 valence electrons. The Labute approximate surface area is 145 Å². The SMILES string of the molecule is COc1ccc(C2C3=C(CCCC3)Nc3nn[nH]c(=O)c32)cc1OC. The van der Waals surface area contributed by atoms with Crippen molar-refractivity contribution in [3.05, 3.63) is 50.9 Å².